The minimum Gasteiger partial charge on any atom is -0.508 e. The summed E-state index contributed by atoms with van der Waals surface area (Å²) in [5, 5.41) is 10.5. The molecule has 0 heterocycles. The van der Waals surface area contributed by atoms with Crippen LogP contribution in [0.2, 0.25) is 5.02 Å². The first-order valence-corrected chi connectivity index (χ1v) is 7.06. The number of hydrogen-bond acceptors (Lipinski definition) is 2. The minimum atomic E-state index is 0.167. The van der Waals surface area contributed by atoms with Crippen molar-refractivity contribution in [3.05, 3.63) is 64.7 Å². The molecule has 0 saturated carbocycles. The van der Waals surface area contributed by atoms with E-state index in [9.17, 15) is 5.11 Å². The van der Waals surface area contributed by atoms with E-state index in [-0.39, 0.29) is 6.04 Å². The Morgan fingerprint density at radius 3 is 2.45 bits per heavy atom. The molecular weight excluding hydrogens is 270 g/mol. The molecule has 0 aromatic heterocycles. The zero-order valence-electron chi connectivity index (χ0n) is 11.5. The molecule has 0 spiro atoms. The van der Waals surface area contributed by atoms with E-state index in [4.69, 9.17) is 11.6 Å². The lowest BCUT2D eigenvalue weighted by Crippen LogP contribution is -2.04. The minimum absolute atomic E-state index is 0.167. The maximum absolute atomic E-state index is 9.67. The van der Waals surface area contributed by atoms with Gasteiger partial charge in [-0.25, -0.2) is 0 Å². The molecule has 2 aromatic rings. The smallest absolute Gasteiger partial charge is 0.119 e. The Balaban J connectivity index is 1.92. The van der Waals surface area contributed by atoms with Gasteiger partial charge < -0.3 is 5.11 Å². The van der Waals surface area contributed by atoms with Gasteiger partial charge in [0.2, 0.25) is 0 Å². The van der Waals surface area contributed by atoms with Crippen LogP contribution in [0, 0.1) is 0 Å². The Morgan fingerprint density at radius 2 is 1.75 bits per heavy atom. The maximum atomic E-state index is 9.67. The van der Waals surface area contributed by atoms with Crippen LogP contribution in [0.3, 0.4) is 0 Å². The fourth-order valence-electron chi connectivity index (χ4n) is 2.05. The zero-order valence-corrected chi connectivity index (χ0v) is 12.2. The number of phenolic OH excluding ortho intramolecular Hbond substituents is 1. The standard InChI is InChI=1S/C17H18ClNO/c1-13(12-15-7-2-4-8-16(15)18)19-11-10-14-6-3-5-9-17(14)20/h2-9,11,13,20H,10,12H2,1H3/t13-/m1/s1. The molecule has 3 heteroatoms. The van der Waals surface area contributed by atoms with Crippen molar-refractivity contribution in [1.29, 1.82) is 0 Å². The number of para-hydroxylation sites is 1. The van der Waals surface area contributed by atoms with E-state index < -0.39 is 0 Å². The van der Waals surface area contributed by atoms with Gasteiger partial charge in [0.25, 0.3) is 0 Å². The normalized spacial score (nSPS) is 12.7. The molecule has 2 rings (SSSR count). The van der Waals surface area contributed by atoms with Crippen LogP contribution in [-0.4, -0.2) is 17.4 Å². The first-order valence-electron chi connectivity index (χ1n) is 6.68. The molecule has 0 amide bonds. The molecule has 0 aliphatic rings. The summed E-state index contributed by atoms with van der Waals surface area (Å²) in [6.45, 7) is 2.06. The van der Waals surface area contributed by atoms with Gasteiger partial charge in [-0.1, -0.05) is 48.0 Å². The molecule has 2 aromatic carbocycles. The summed E-state index contributed by atoms with van der Waals surface area (Å²) in [5.41, 5.74) is 2.00. The highest BCUT2D eigenvalue weighted by atomic mass is 35.5. The molecule has 0 aliphatic carbocycles. The molecule has 0 bridgehead atoms. The van der Waals surface area contributed by atoms with E-state index in [1.54, 1.807) is 6.07 Å². The average Bonchev–Trinajstić information content (AvgIpc) is 2.43. The number of rotatable bonds is 5. The van der Waals surface area contributed by atoms with Crippen molar-refractivity contribution >= 4 is 17.8 Å². The Bertz CT molecular complexity index is 595. The van der Waals surface area contributed by atoms with Crippen LogP contribution in [0.15, 0.2) is 53.5 Å². The lowest BCUT2D eigenvalue weighted by atomic mass is 10.1. The largest absolute Gasteiger partial charge is 0.508 e. The zero-order chi connectivity index (χ0) is 14.4. The quantitative estimate of drug-likeness (QED) is 0.818. The van der Waals surface area contributed by atoms with Crippen molar-refractivity contribution in [2.45, 2.75) is 25.8 Å². The van der Waals surface area contributed by atoms with E-state index in [0.717, 1.165) is 22.6 Å². The summed E-state index contributed by atoms with van der Waals surface area (Å²) in [7, 11) is 0. The number of phenols is 1. The number of aromatic hydroxyl groups is 1. The Hall–Kier alpha value is -1.80. The number of nitrogens with zero attached hydrogens (tertiary/aromatic N) is 1. The second-order valence-electron chi connectivity index (χ2n) is 4.81. The van der Waals surface area contributed by atoms with E-state index >= 15 is 0 Å². The summed E-state index contributed by atoms with van der Waals surface area (Å²) < 4.78 is 0. The van der Waals surface area contributed by atoms with Gasteiger partial charge in [0.15, 0.2) is 0 Å². The Kier molecular flexibility index (Phi) is 5.19. The number of aliphatic imine (C=N–C) groups is 1. The van der Waals surface area contributed by atoms with E-state index in [2.05, 4.69) is 11.9 Å². The molecule has 0 aliphatic heterocycles. The molecule has 20 heavy (non-hydrogen) atoms. The fourth-order valence-corrected chi connectivity index (χ4v) is 2.26. The van der Waals surface area contributed by atoms with Gasteiger partial charge in [0, 0.05) is 17.7 Å². The van der Waals surface area contributed by atoms with Crippen molar-refractivity contribution < 1.29 is 5.11 Å². The first kappa shape index (κ1) is 14.6. The average molecular weight is 288 g/mol. The van der Waals surface area contributed by atoms with Gasteiger partial charge >= 0.3 is 0 Å². The molecular formula is C17H18ClNO. The van der Waals surface area contributed by atoms with Crippen LogP contribution in [0.25, 0.3) is 0 Å². The third kappa shape index (κ3) is 4.10. The third-order valence-corrected chi connectivity index (χ3v) is 3.50. The molecule has 2 nitrogen and oxygen atoms in total. The molecule has 0 radical (unpaired) electrons. The summed E-state index contributed by atoms with van der Waals surface area (Å²) in [6, 6.07) is 15.3. The molecule has 1 N–H and O–H groups in total. The second-order valence-corrected chi connectivity index (χ2v) is 5.22. The molecule has 104 valence electrons. The van der Waals surface area contributed by atoms with Crippen LogP contribution < -0.4 is 0 Å². The van der Waals surface area contributed by atoms with Gasteiger partial charge in [-0.15, -0.1) is 0 Å². The first-order chi connectivity index (χ1) is 9.66. The Labute approximate surface area is 124 Å². The van der Waals surface area contributed by atoms with Crippen molar-refractivity contribution in [3.63, 3.8) is 0 Å². The highest BCUT2D eigenvalue weighted by Crippen LogP contribution is 2.18. The Morgan fingerprint density at radius 1 is 1.10 bits per heavy atom. The molecule has 1 atom stereocenters. The predicted molar refractivity (Wildman–Crippen MR) is 84.9 cm³/mol. The topological polar surface area (TPSA) is 32.6 Å². The lowest BCUT2D eigenvalue weighted by Gasteiger charge is -2.08. The van der Waals surface area contributed by atoms with Crippen LogP contribution in [0.5, 0.6) is 5.75 Å². The van der Waals surface area contributed by atoms with Gasteiger partial charge in [-0.2, -0.15) is 0 Å². The second kappa shape index (κ2) is 7.11. The van der Waals surface area contributed by atoms with E-state index in [0.29, 0.717) is 12.2 Å². The highest BCUT2D eigenvalue weighted by molar-refractivity contribution is 6.31. The van der Waals surface area contributed by atoms with Gasteiger partial charge in [-0.3, -0.25) is 4.99 Å². The highest BCUT2D eigenvalue weighted by Gasteiger charge is 2.04. The summed E-state index contributed by atoms with van der Waals surface area (Å²) in [5.74, 6) is 0.317. The fraction of sp³-hybridized carbons (Fsp3) is 0.235. The number of halogens is 1. The van der Waals surface area contributed by atoms with Crippen molar-refractivity contribution in [3.8, 4) is 5.75 Å². The third-order valence-electron chi connectivity index (χ3n) is 3.14. The summed E-state index contributed by atoms with van der Waals surface area (Å²) in [6.07, 6.45) is 3.31. The van der Waals surface area contributed by atoms with Crippen molar-refractivity contribution in [2.75, 3.05) is 0 Å². The molecule has 0 saturated heterocycles. The molecule has 0 fully saturated rings. The number of benzene rings is 2. The van der Waals surface area contributed by atoms with Gasteiger partial charge in [-0.05, 0) is 36.6 Å². The lowest BCUT2D eigenvalue weighted by molar-refractivity contribution is 0.470. The summed E-state index contributed by atoms with van der Waals surface area (Å²) in [4.78, 5) is 4.50. The van der Waals surface area contributed by atoms with Gasteiger partial charge in [0.1, 0.15) is 5.75 Å². The monoisotopic (exact) mass is 287 g/mol. The van der Waals surface area contributed by atoms with E-state index in [1.807, 2.05) is 48.7 Å². The predicted octanol–water partition coefficient (Wildman–Crippen LogP) is 4.29. The SMILES string of the molecule is C[C@H](Cc1ccccc1Cl)N=CCc1ccccc1O. The number of hydrogen-bond donors (Lipinski definition) is 1. The van der Waals surface area contributed by atoms with Crippen molar-refractivity contribution in [1.82, 2.24) is 0 Å². The van der Waals surface area contributed by atoms with E-state index in [1.165, 1.54) is 0 Å². The van der Waals surface area contributed by atoms with Crippen LogP contribution in [0.4, 0.5) is 0 Å². The van der Waals surface area contributed by atoms with Crippen molar-refractivity contribution in [2.24, 2.45) is 4.99 Å². The summed E-state index contributed by atoms with van der Waals surface area (Å²) >= 11 is 6.13. The van der Waals surface area contributed by atoms with Crippen LogP contribution >= 0.6 is 11.6 Å². The molecule has 0 unspecified atom stereocenters. The van der Waals surface area contributed by atoms with Crippen LogP contribution in [0.1, 0.15) is 18.1 Å². The van der Waals surface area contributed by atoms with Gasteiger partial charge in [0.05, 0.1) is 6.04 Å². The maximum Gasteiger partial charge on any atom is 0.119 e. The van der Waals surface area contributed by atoms with Crippen LogP contribution in [-0.2, 0) is 12.8 Å².